The van der Waals surface area contributed by atoms with E-state index in [2.05, 4.69) is 46.7 Å². The zero-order valence-electron chi connectivity index (χ0n) is 20.0. The smallest absolute Gasteiger partial charge is 0.257 e. The molecule has 1 atom stereocenters. The van der Waals surface area contributed by atoms with Gasteiger partial charge in [0, 0.05) is 48.6 Å². The average Bonchev–Trinajstić information content (AvgIpc) is 2.78. The van der Waals surface area contributed by atoms with Gasteiger partial charge in [-0.25, -0.2) is 0 Å². The Morgan fingerprint density at radius 3 is 2.45 bits per heavy atom. The molecule has 0 saturated heterocycles. The minimum atomic E-state index is -0.250. The Labute approximate surface area is 206 Å². The summed E-state index contributed by atoms with van der Waals surface area (Å²) in [5.74, 6) is 3.71. The largest absolute Gasteiger partial charge is 0.387 e. The molecule has 1 aromatic rings. The Morgan fingerprint density at radius 1 is 1.12 bits per heavy atom. The molecule has 182 valence electrons. The first-order valence-corrected chi connectivity index (χ1v) is 13.4. The molecule has 33 heavy (non-hydrogen) atoms. The van der Waals surface area contributed by atoms with Crippen LogP contribution in [0.2, 0.25) is 0 Å². The van der Waals surface area contributed by atoms with Gasteiger partial charge in [-0.3, -0.25) is 20.2 Å². The lowest BCUT2D eigenvalue weighted by Crippen LogP contribution is -2.31. The van der Waals surface area contributed by atoms with Crippen LogP contribution in [0, 0.1) is 17.9 Å². The Morgan fingerprint density at radius 2 is 1.82 bits per heavy atom. The Balaban J connectivity index is 2.47. The van der Waals surface area contributed by atoms with E-state index >= 15 is 0 Å². The molecule has 0 aromatic heterocycles. The van der Waals surface area contributed by atoms with Crippen LogP contribution in [0.15, 0.2) is 36.5 Å². The van der Waals surface area contributed by atoms with Crippen molar-refractivity contribution in [2.75, 3.05) is 38.6 Å². The highest BCUT2D eigenvalue weighted by atomic mass is 33.1. The van der Waals surface area contributed by atoms with Crippen LogP contribution < -0.4 is 21.3 Å². The third-order valence-corrected chi connectivity index (χ3v) is 6.66. The SMILES string of the molecule is C=C(C)NCCNC(=O)c1ccc(C(NCCOCC(=O)NC#CC(C)C)SSCC)cc1. The van der Waals surface area contributed by atoms with Crippen molar-refractivity contribution in [3.8, 4) is 12.0 Å². The monoisotopic (exact) mass is 492 g/mol. The molecular formula is C24H36N4O3S2. The second-order valence-electron chi connectivity index (χ2n) is 7.45. The van der Waals surface area contributed by atoms with Gasteiger partial charge in [-0.1, -0.05) is 67.0 Å². The molecule has 0 heterocycles. The molecule has 1 unspecified atom stereocenters. The van der Waals surface area contributed by atoms with Crippen LogP contribution in [0.25, 0.3) is 0 Å². The third kappa shape index (κ3) is 13.9. The van der Waals surface area contributed by atoms with Gasteiger partial charge in [0.05, 0.1) is 12.0 Å². The van der Waals surface area contributed by atoms with Gasteiger partial charge in [0.15, 0.2) is 0 Å². The van der Waals surface area contributed by atoms with Crippen molar-refractivity contribution in [2.45, 2.75) is 33.1 Å². The average molecular weight is 493 g/mol. The lowest BCUT2D eigenvalue weighted by Gasteiger charge is -2.18. The van der Waals surface area contributed by atoms with Crippen molar-refractivity contribution < 1.29 is 14.3 Å². The number of carbonyl (C=O) groups is 2. The molecule has 1 rings (SSSR count). The van der Waals surface area contributed by atoms with Crippen molar-refractivity contribution in [3.63, 3.8) is 0 Å². The predicted molar refractivity (Wildman–Crippen MR) is 140 cm³/mol. The highest BCUT2D eigenvalue weighted by molar-refractivity contribution is 8.76. The van der Waals surface area contributed by atoms with E-state index in [0.717, 1.165) is 17.0 Å². The Hall–Kier alpha value is -2.12. The minimum Gasteiger partial charge on any atom is -0.387 e. The zero-order chi connectivity index (χ0) is 24.5. The number of rotatable bonds is 15. The molecule has 0 saturated carbocycles. The summed E-state index contributed by atoms with van der Waals surface area (Å²) in [4.78, 5) is 24.0. The summed E-state index contributed by atoms with van der Waals surface area (Å²) in [5.41, 5.74) is 2.57. The van der Waals surface area contributed by atoms with Gasteiger partial charge in [-0.2, -0.15) is 0 Å². The molecule has 9 heteroatoms. The summed E-state index contributed by atoms with van der Waals surface area (Å²) in [6.07, 6.45) is 0. The minimum absolute atomic E-state index is 0.0261. The van der Waals surface area contributed by atoms with Gasteiger partial charge in [0.25, 0.3) is 11.8 Å². The fraction of sp³-hybridized carbons (Fsp3) is 0.500. The van der Waals surface area contributed by atoms with E-state index in [1.165, 1.54) is 0 Å². The van der Waals surface area contributed by atoms with E-state index in [4.69, 9.17) is 4.74 Å². The number of amides is 2. The van der Waals surface area contributed by atoms with Gasteiger partial charge in [-0.15, -0.1) is 0 Å². The summed E-state index contributed by atoms with van der Waals surface area (Å²) in [6, 6.07) is 10.2. The van der Waals surface area contributed by atoms with Crippen molar-refractivity contribution in [2.24, 2.45) is 5.92 Å². The lowest BCUT2D eigenvalue weighted by atomic mass is 10.1. The van der Waals surface area contributed by atoms with E-state index in [1.54, 1.807) is 21.6 Å². The van der Waals surface area contributed by atoms with Crippen molar-refractivity contribution in [3.05, 3.63) is 47.7 Å². The maximum Gasteiger partial charge on any atom is 0.257 e. The van der Waals surface area contributed by atoms with Crippen LogP contribution in [0.1, 0.15) is 49.0 Å². The van der Waals surface area contributed by atoms with E-state index < -0.39 is 0 Å². The Bertz CT molecular complexity index is 804. The topological polar surface area (TPSA) is 91.5 Å². The number of hydrogen-bond donors (Lipinski definition) is 4. The standard InChI is InChI=1S/C24H36N4O3S2/c1-6-32-33-24(28-15-16-31-17-22(29)26-12-11-18(2)3)21-9-7-20(8-10-21)23(30)27-14-13-25-19(4)5/h7-10,18,24-25,28H,4,6,13-17H2,1-3,5H3,(H,26,29)(H,27,30). The number of allylic oxidation sites excluding steroid dienone is 1. The first-order valence-electron chi connectivity index (χ1n) is 11.0. The van der Waals surface area contributed by atoms with E-state index in [0.29, 0.717) is 31.8 Å². The van der Waals surface area contributed by atoms with Gasteiger partial charge in [0.1, 0.15) is 6.61 Å². The summed E-state index contributed by atoms with van der Waals surface area (Å²) in [6.45, 7) is 13.8. The van der Waals surface area contributed by atoms with Gasteiger partial charge >= 0.3 is 0 Å². The van der Waals surface area contributed by atoms with Crippen LogP contribution in [-0.2, 0) is 9.53 Å². The van der Waals surface area contributed by atoms with Crippen LogP contribution in [0.3, 0.4) is 0 Å². The second kappa shape index (κ2) is 17.4. The molecule has 0 bridgehead atoms. The first kappa shape index (κ1) is 28.9. The fourth-order valence-electron chi connectivity index (χ4n) is 2.42. The molecule has 4 N–H and O–H groups in total. The Kier molecular flexibility index (Phi) is 15.2. The van der Waals surface area contributed by atoms with Gasteiger partial charge < -0.3 is 15.4 Å². The zero-order valence-corrected chi connectivity index (χ0v) is 21.6. The van der Waals surface area contributed by atoms with E-state index in [1.807, 2.05) is 45.0 Å². The fourth-order valence-corrected chi connectivity index (χ4v) is 4.50. The number of hydrogen-bond acceptors (Lipinski definition) is 7. The summed E-state index contributed by atoms with van der Waals surface area (Å²) < 4.78 is 5.43. The maximum atomic E-state index is 12.3. The molecule has 0 fully saturated rings. The van der Waals surface area contributed by atoms with Crippen LogP contribution in [-0.4, -0.2) is 50.4 Å². The first-order chi connectivity index (χ1) is 15.8. The van der Waals surface area contributed by atoms with Crippen molar-refractivity contribution in [1.82, 2.24) is 21.3 Å². The lowest BCUT2D eigenvalue weighted by molar-refractivity contribution is -0.124. The molecule has 1 aromatic carbocycles. The third-order valence-electron chi connectivity index (χ3n) is 3.97. The summed E-state index contributed by atoms with van der Waals surface area (Å²) >= 11 is 0. The molecule has 2 amide bonds. The van der Waals surface area contributed by atoms with Gasteiger partial charge in [-0.05, 0) is 24.6 Å². The van der Waals surface area contributed by atoms with Gasteiger partial charge in [0.2, 0.25) is 0 Å². The normalized spacial score (nSPS) is 11.3. The highest BCUT2D eigenvalue weighted by Crippen LogP contribution is 2.35. The van der Waals surface area contributed by atoms with Crippen LogP contribution in [0.4, 0.5) is 0 Å². The number of ether oxygens (including phenoxy) is 1. The molecule has 7 nitrogen and oxygen atoms in total. The molecule has 0 aliphatic carbocycles. The van der Waals surface area contributed by atoms with Crippen LogP contribution in [0.5, 0.6) is 0 Å². The van der Waals surface area contributed by atoms with Crippen LogP contribution >= 0.6 is 21.6 Å². The highest BCUT2D eigenvalue weighted by Gasteiger charge is 2.13. The molecule has 0 radical (unpaired) electrons. The van der Waals surface area contributed by atoms with Crippen molar-refractivity contribution >= 4 is 33.4 Å². The van der Waals surface area contributed by atoms with E-state index in [9.17, 15) is 9.59 Å². The summed E-state index contributed by atoms with van der Waals surface area (Å²) in [7, 11) is 3.48. The molecular weight excluding hydrogens is 456 g/mol. The van der Waals surface area contributed by atoms with Crippen molar-refractivity contribution in [1.29, 1.82) is 0 Å². The van der Waals surface area contributed by atoms with E-state index in [-0.39, 0.29) is 29.7 Å². The summed E-state index contributed by atoms with van der Waals surface area (Å²) in [5, 5.41) is 12.0. The number of carbonyl (C=O) groups excluding carboxylic acids is 2. The number of nitrogens with one attached hydrogen (secondary N) is 4. The quantitative estimate of drug-likeness (QED) is 0.0982. The molecule has 0 aliphatic heterocycles. The number of benzene rings is 1. The maximum absolute atomic E-state index is 12.3. The molecule has 0 aliphatic rings. The molecule has 0 spiro atoms. The second-order valence-corrected chi connectivity index (χ2v) is 10.2. The predicted octanol–water partition coefficient (Wildman–Crippen LogP) is 3.28.